The van der Waals surface area contributed by atoms with Crippen molar-refractivity contribution < 1.29 is 26.4 Å². The maximum absolute atomic E-state index is 12.8. The molecule has 2 N–H and O–H groups in total. The molecule has 32 heavy (non-hydrogen) atoms. The Labute approximate surface area is 190 Å². The maximum atomic E-state index is 12.8. The van der Waals surface area contributed by atoms with Gasteiger partial charge in [0.2, 0.25) is 15.9 Å². The van der Waals surface area contributed by atoms with Crippen molar-refractivity contribution in [2.75, 3.05) is 11.0 Å². The van der Waals surface area contributed by atoms with Crippen molar-refractivity contribution in [2.45, 2.75) is 49.1 Å². The molecule has 1 amide bonds. The van der Waals surface area contributed by atoms with Gasteiger partial charge in [-0.15, -0.1) is 0 Å². The number of benzene rings is 2. The molecule has 3 atom stereocenters. The average Bonchev–Trinajstić information content (AvgIpc) is 3.34. The molecular weight excluding hydrogens is 461 g/mol. The predicted molar refractivity (Wildman–Crippen MR) is 120 cm³/mol. The van der Waals surface area contributed by atoms with E-state index in [4.69, 9.17) is 0 Å². The fourth-order valence-electron chi connectivity index (χ4n) is 3.77. The van der Waals surface area contributed by atoms with Crippen LogP contribution in [0, 0.1) is 12.8 Å². The lowest BCUT2D eigenvalue weighted by Gasteiger charge is -2.18. The van der Waals surface area contributed by atoms with Crippen LogP contribution in [0.2, 0.25) is 0 Å². The van der Waals surface area contributed by atoms with Gasteiger partial charge in [0.15, 0.2) is 0 Å². The van der Waals surface area contributed by atoms with Crippen LogP contribution >= 0.6 is 11.8 Å². The number of hydrogen-bond donors (Lipinski definition) is 2. The number of carbonyl (C=O) groups is 1. The van der Waals surface area contributed by atoms with E-state index in [0.717, 1.165) is 22.9 Å². The van der Waals surface area contributed by atoms with E-state index < -0.39 is 20.9 Å². The third kappa shape index (κ3) is 5.98. The van der Waals surface area contributed by atoms with Crippen molar-refractivity contribution in [3.8, 4) is 0 Å². The molecule has 174 valence electrons. The first kappa shape index (κ1) is 24.4. The quantitative estimate of drug-likeness (QED) is 0.532. The smallest absolute Gasteiger partial charge is 0.349 e. The molecule has 0 bridgehead atoms. The van der Waals surface area contributed by atoms with Gasteiger partial charge < -0.3 is 5.32 Å². The van der Waals surface area contributed by atoms with Crippen LogP contribution in [-0.4, -0.2) is 26.1 Å². The van der Waals surface area contributed by atoms with E-state index in [1.165, 1.54) is 12.1 Å². The van der Waals surface area contributed by atoms with Crippen LogP contribution in [0.1, 0.15) is 43.0 Å². The van der Waals surface area contributed by atoms with E-state index in [1.54, 1.807) is 31.2 Å². The topological polar surface area (TPSA) is 75.3 Å². The SMILES string of the molecule is Cc1cc(C(C)NC(=O)[C@@H]2CC2(C)c2ccc(SC(F)(F)F)cc2)ccc1NS(C)(=O)=O. The highest BCUT2D eigenvalue weighted by Crippen LogP contribution is 2.54. The van der Waals surface area contributed by atoms with Crippen LogP contribution < -0.4 is 10.0 Å². The Kier molecular flexibility index (Phi) is 6.59. The van der Waals surface area contributed by atoms with Gasteiger partial charge in [-0.25, -0.2) is 8.42 Å². The van der Waals surface area contributed by atoms with E-state index in [0.29, 0.717) is 12.1 Å². The number of halogens is 3. The first-order valence-corrected chi connectivity index (χ1v) is 12.6. The minimum absolute atomic E-state index is 0.115. The van der Waals surface area contributed by atoms with Crippen molar-refractivity contribution in [1.82, 2.24) is 5.32 Å². The number of thioether (sulfide) groups is 1. The minimum atomic E-state index is -4.33. The zero-order valence-corrected chi connectivity index (χ0v) is 19.7. The van der Waals surface area contributed by atoms with Crippen molar-refractivity contribution in [3.63, 3.8) is 0 Å². The monoisotopic (exact) mass is 486 g/mol. The van der Waals surface area contributed by atoms with Gasteiger partial charge in [-0.05, 0) is 66.9 Å². The first-order chi connectivity index (χ1) is 14.7. The highest BCUT2D eigenvalue weighted by molar-refractivity contribution is 8.00. The molecule has 0 aromatic heterocycles. The normalized spacial score (nSPS) is 21.7. The summed E-state index contributed by atoms with van der Waals surface area (Å²) in [7, 11) is -3.38. The number of nitrogens with one attached hydrogen (secondary N) is 2. The fraction of sp³-hybridized carbons (Fsp3) is 0.409. The molecule has 0 saturated heterocycles. The Morgan fingerprint density at radius 2 is 1.81 bits per heavy atom. The second-order valence-electron chi connectivity index (χ2n) is 8.43. The van der Waals surface area contributed by atoms with Crippen LogP contribution in [0.4, 0.5) is 18.9 Å². The largest absolute Gasteiger partial charge is 0.446 e. The highest BCUT2D eigenvalue weighted by Gasteiger charge is 2.55. The van der Waals surface area contributed by atoms with Crippen LogP contribution in [0.3, 0.4) is 0 Å². The minimum Gasteiger partial charge on any atom is -0.349 e. The summed E-state index contributed by atoms with van der Waals surface area (Å²) in [5.74, 6) is -0.386. The van der Waals surface area contributed by atoms with E-state index in [2.05, 4.69) is 10.0 Å². The van der Waals surface area contributed by atoms with E-state index >= 15 is 0 Å². The molecule has 0 aliphatic heterocycles. The van der Waals surface area contributed by atoms with Crippen molar-refractivity contribution in [1.29, 1.82) is 0 Å². The third-order valence-electron chi connectivity index (χ3n) is 5.71. The summed E-state index contributed by atoms with van der Waals surface area (Å²) in [6.07, 6.45) is 1.70. The average molecular weight is 487 g/mol. The van der Waals surface area contributed by atoms with Gasteiger partial charge >= 0.3 is 5.51 Å². The molecule has 1 aliphatic carbocycles. The van der Waals surface area contributed by atoms with Gasteiger partial charge in [-0.3, -0.25) is 9.52 Å². The lowest BCUT2D eigenvalue weighted by Crippen LogP contribution is -2.30. The molecule has 0 heterocycles. The Bertz CT molecular complexity index is 1120. The summed E-state index contributed by atoms with van der Waals surface area (Å²) in [5, 5.41) is 2.99. The second kappa shape index (κ2) is 8.62. The summed E-state index contributed by atoms with van der Waals surface area (Å²) in [5.41, 5.74) is -1.85. The van der Waals surface area contributed by atoms with Crippen LogP contribution in [0.15, 0.2) is 47.4 Å². The van der Waals surface area contributed by atoms with Gasteiger partial charge in [0.25, 0.3) is 0 Å². The Balaban J connectivity index is 1.64. The van der Waals surface area contributed by atoms with Gasteiger partial charge in [-0.1, -0.05) is 31.2 Å². The molecule has 1 saturated carbocycles. The van der Waals surface area contributed by atoms with Crippen molar-refractivity contribution in [2.24, 2.45) is 5.92 Å². The lowest BCUT2D eigenvalue weighted by atomic mass is 9.95. The number of sulfonamides is 1. The molecule has 3 rings (SSSR count). The Hall–Kier alpha value is -2.20. The summed E-state index contributed by atoms with van der Waals surface area (Å²) >= 11 is -0.159. The predicted octanol–water partition coefficient (Wildman–Crippen LogP) is 5.13. The van der Waals surface area contributed by atoms with Crippen LogP contribution in [-0.2, 0) is 20.2 Å². The molecule has 1 aliphatic rings. The molecule has 0 spiro atoms. The number of aryl methyl sites for hydroxylation is 1. The Morgan fingerprint density at radius 1 is 1.19 bits per heavy atom. The van der Waals surface area contributed by atoms with Gasteiger partial charge in [0.05, 0.1) is 18.0 Å². The molecule has 2 aromatic rings. The summed E-state index contributed by atoms with van der Waals surface area (Å²) < 4.78 is 62.9. The molecule has 10 heteroatoms. The van der Waals surface area contributed by atoms with Crippen LogP contribution in [0.5, 0.6) is 0 Å². The van der Waals surface area contributed by atoms with Crippen molar-refractivity contribution in [3.05, 3.63) is 59.2 Å². The molecule has 2 aromatic carbocycles. The van der Waals surface area contributed by atoms with E-state index in [9.17, 15) is 26.4 Å². The summed E-state index contributed by atoms with van der Waals surface area (Å²) in [6, 6.07) is 11.1. The summed E-state index contributed by atoms with van der Waals surface area (Å²) in [4.78, 5) is 12.9. The third-order valence-corrected chi connectivity index (χ3v) is 7.04. The lowest BCUT2D eigenvalue weighted by molar-refractivity contribution is -0.123. The standard InChI is InChI=1S/C22H25F3N2O3S2/c1-13-11-15(5-10-19(13)27-32(4,29)30)14(2)26-20(28)18-12-21(18,3)16-6-8-17(9-7-16)31-22(23,24)25/h5-11,14,18,27H,12H2,1-4H3,(H,26,28)/t14?,18-,21?/m0/s1. The van der Waals surface area contributed by atoms with Crippen molar-refractivity contribution >= 4 is 33.4 Å². The zero-order chi connectivity index (χ0) is 23.9. The number of anilines is 1. The van der Waals surface area contributed by atoms with E-state index in [1.807, 2.05) is 19.9 Å². The van der Waals surface area contributed by atoms with Gasteiger partial charge in [0.1, 0.15) is 0 Å². The first-order valence-electron chi connectivity index (χ1n) is 9.93. The zero-order valence-electron chi connectivity index (χ0n) is 18.1. The molecule has 5 nitrogen and oxygen atoms in total. The Morgan fingerprint density at radius 3 is 2.34 bits per heavy atom. The second-order valence-corrected chi connectivity index (χ2v) is 11.3. The number of rotatable bonds is 7. The molecule has 0 radical (unpaired) electrons. The van der Waals surface area contributed by atoms with E-state index in [-0.39, 0.29) is 34.5 Å². The molecule has 1 fully saturated rings. The fourth-order valence-corrected chi connectivity index (χ4v) is 4.94. The number of carbonyl (C=O) groups excluding carboxylic acids is 1. The van der Waals surface area contributed by atoms with Gasteiger partial charge in [0, 0.05) is 16.2 Å². The maximum Gasteiger partial charge on any atom is 0.446 e. The van der Waals surface area contributed by atoms with Crippen LogP contribution in [0.25, 0.3) is 0 Å². The molecule has 2 unspecified atom stereocenters. The number of alkyl halides is 3. The summed E-state index contributed by atoms with van der Waals surface area (Å²) in [6.45, 7) is 5.56. The number of hydrogen-bond acceptors (Lipinski definition) is 4. The molecular formula is C22H25F3N2O3S2. The van der Waals surface area contributed by atoms with Gasteiger partial charge in [-0.2, -0.15) is 13.2 Å². The highest BCUT2D eigenvalue weighted by atomic mass is 32.2. The number of amides is 1.